The maximum Gasteiger partial charge on any atom is 0.417 e. The summed E-state index contributed by atoms with van der Waals surface area (Å²) in [5.74, 6) is 0. The van der Waals surface area contributed by atoms with E-state index >= 15 is 0 Å². The Hall–Kier alpha value is -2.84. The van der Waals surface area contributed by atoms with Gasteiger partial charge in [0.2, 0.25) is 0 Å². The Labute approximate surface area is 163 Å². The van der Waals surface area contributed by atoms with Crippen molar-refractivity contribution in [2.24, 2.45) is 5.14 Å². The van der Waals surface area contributed by atoms with Gasteiger partial charge in [0.25, 0.3) is 0 Å². The summed E-state index contributed by atoms with van der Waals surface area (Å²) < 4.78 is 41.6. The van der Waals surface area contributed by atoms with Gasteiger partial charge in [-0.25, -0.2) is 9.50 Å². The molecule has 0 atom stereocenters. The topological polar surface area (TPSA) is 56.2 Å². The van der Waals surface area contributed by atoms with Crippen molar-refractivity contribution >= 4 is 17.6 Å². The van der Waals surface area contributed by atoms with Crippen LogP contribution in [0.5, 0.6) is 0 Å². The van der Waals surface area contributed by atoms with Crippen molar-refractivity contribution in [3.05, 3.63) is 72.2 Å². The average molecular weight is 400 g/mol. The molecule has 0 aliphatic rings. The monoisotopic (exact) mass is 400 g/mol. The molecule has 0 radical (unpaired) electrons. The number of aromatic nitrogens is 3. The van der Waals surface area contributed by atoms with Crippen LogP contribution in [0.1, 0.15) is 11.1 Å². The van der Waals surface area contributed by atoms with E-state index in [4.69, 9.17) is 5.14 Å². The molecule has 4 nitrogen and oxygen atoms in total. The molecule has 0 fully saturated rings. The molecule has 0 amide bonds. The molecule has 0 unspecified atom stereocenters. The van der Waals surface area contributed by atoms with Crippen LogP contribution in [0, 0.1) is 6.92 Å². The highest BCUT2D eigenvalue weighted by Crippen LogP contribution is 2.38. The number of hydrogen-bond acceptors (Lipinski definition) is 4. The van der Waals surface area contributed by atoms with Gasteiger partial charge in [0.1, 0.15) is 0 Å². The standard InChI is InChI=1S/C20H15F3N4S/c1-12-2-4-13(5-3-12)15-9-25-19-16(10-26-27(19)11-15)14-6-7-18(28-24)17(8-14)20(21,22)23/h2-11H,24H2,1H3. The third-order valence-electron chi connectivity index (χ3n) is 4.46. The van der Waals surface area contributed by atoms with Crippen molar-refractivity contribution in [2.45, 2.75) is 18.0 Å². The van der Waals surface area contributed by atoms with Gasteiger partial charge in [-0.05, 0) is 42.1 Å². The van der Waals surface area contributed by atoms with Crippen LogP contribution in [0.2, 0.25) is 0 Å². The number of benzene rings is 2. The Kier molecular flexibility index (Phi) is 4.60. The summed E-state index contributed by atoms with van der Waals surface area (Å²) >= 11 is 0.576. The Bertz CT molecular complexity index is 1150. The number of fused-ring (bicyclic) bond motifs is 1. The molecular formula is C20H15F3N4S. The van der Waals surface area contributed by atoms with Crippen LogP contribution in [-0.2, 0) is 6.18 Å². The minimum Gasteiger partial charge on any atom is -0.274 e. The zero-order valence-corrected chi connectivity index (χ0v) is 15.6. The second-order valence-electron chi connectivity index (χ2n) is 6.36. The first-order valence-corrected chi connectivity index (χ1v) is 9.23. The van der Waals surface area contributed by atoms with Crippen LogP contribution in [0.3, 0.4) is 0 Å². The first-order valence-electron chi connectivity index (χ1n) is 8.35. The molecule has 0 saturated heterocycles. The molecule has 0 aliphatic carbocycles. The number of alkyl halides is 3. The van der Waals surface area contributed by atoms with Crippen LogP contribution in [0.15, 0.2) is 66.0 Å². The number of nitrogens with zero attached hydrogens (tertiary/aromatic N) is 3. The number of nitrogens with two attached hydrogens (primary N) is 1. The highest BCUT2D eigenvalue weighted by atomic mass is 32.2. The zero-order chi connectivity index (χ0) is 19.9. The van der Waals surface area contributed by atoms with Crippen molar-refractivity contribution in [3.8, 4) is 22.3 Å². The predicted molar refractivity (Wildman–Crippen MR) is 104 cm³/mol. The second kappa shape index (κ2) is 6.96. The molecule has 2 aromatic heterocycles. The third kappa shape index (κ3) is 3.36. The van der Waals surface area contributed by atoms with E-state index in [1.165, 1.54) is 12.3 Å². The van der Waals surface area contributed by atoms with Gasteiger partial charge in [-0.15, -0.1) is 0 Å². The van der Waals surface area contributed by atoms with Gasteiger partial charge in [-0.1, -0.05) is 35.9 Å². The van der Waals surface area contributed by atoms with Crippen LogP contribution in [-0.4, -0.2) is 14.6 Å². The highest BCUT2D eigenvalue weighted by Gasteiger charge is 2.34. The summed E-state index contributed by atoms with van der Waals surface area (Å²) in [6.45, 7) is 2.01. The molecule has 142 valence electrons. The first kappa shape index (κ1) is 18.5. The van der Waals surface area contributed by atoms with Crippen molar-refractivity contribution in [2.75, 3.05) is 0 Å². The lowest BCUT2D eigenvalue weighted by molar-refractivity contribution is -0.139. The predicted octanol–water partition coefficient (Wildman–Crippen LogP) is 5.36. The molecule has 4 rings (SSSR count). The van der Waals surface area contributed by atoms with E-state index in [-0.39, 0.29) is 4.90 Å². The molecule has 4 aromatic rings. The van der Waals surface area contributed by atoms with Crippen molar-refractivity contribution in [1.29, 1.82) is 0 Å². The lowest BCUT2D eigenvalue weighted by atomic mass is 10.0. The van der Waals surface area contributed by atoms with Crippen LogP contribution in [0.4, 0.5) is 13.2 Å². The highest BCUT2D eigenvalue weighted by molar-refractivity contribution is 7.97. The molecule has 0 saturated carbocycles. The third-order valence-corrected chi connectivity index (χ3v) is 5.07. The lowest BCUT2D eigenvalue weighted by Gasteiger charge is -2.12. The smallest absolute Gasteiger partial charge is 0.274 e. The summed E-state index contributed by atoms with van der Waals surface area (Å²) in [7, 11) is 0. The van der Waals surface area contributed by atoms with Crippen LogP contribution >= 0.6 is 11.9 Å². The summed E-state index contributed by atoms with van der Waals surface area (Å²) in [5, 5.41) is 9.65. The Morgan fingerprint density at radius 3 is 2.36 bits per heavy atom. The quantitative estimate of drug-likeness (QED) is 0.471. The molecule has 2 N–H and O–H groups in total. The second-order valence-corrected chi connectivity index (χ2v) is 7.04. The van der Waals surface area contributed by atoms with Gasteiger partial charge in [-0.2, -0.15) is 18.3 Å². The maximum atomic E-state index is 13.3. The minimum atomic E-state index is -4.49. The fourth-order valence-electron chi connectivity index (χ4n) is 3.00. The number of aryl methyl sites for hydroxylation is 1. The normalized spacial score (nSPS) is 11.9. The van der Waals surface area contributed by atoms with Gasteiger partial charge < -0.3 is 0 Å². The van der Waals surface area contributed by atoms with E-state index in [1.54, 1.807) is 16.8 Å². The van der Waals surface area contributed by atoms with Crippen molar-refractivity contribution in [3.63, 3.8) is 0 Å². The Morgan fingerprint density at radius 1 is 0.964 bits per heavy atom. The number of hydrogen-bond donors (Lipinski definition) is 1. The van der Waals surface area contributed by atoms with E-state index in [0.29, 0.717) is 28.7 Å². The molecular weight excluding hydrogens is 385 g/mol. The fraction of sp³-hybridized carbons (Fsp3) is 0.100. The van der Waals surface area contributed by atoms with E-state index in [2.05, 4.69) is 10.1 Å². The number of halogens is 3. The van der Waals surface area contributed by atoms with Crippen molar-refractivity contribution in [1.82, 2.24) is 14.6 Å². The zero-order valence-electron chi connectivity index (χ0n) is 14.7. The van der Waals surface area contributed by atoms with Crippen molar-refractivity contribution < 1.29 is 13.2 Å². The summed E-state index contributed by atoms with van der Waals surface area (Å²) in [6, 6.07) is 12.0. The largest absolute Gasteiger partial charge is 0.417 e. The molecule has 0 spiro atoms. The average Bonchev–Trinajstić information content (AvgIpc) is 3.10. The van der Waals surface area contributed by atoms with Gasteiger partial charge in [0.15, 0.2) is 5.65 Å². The van der Waals surface area contributed by atoms with E-state index in [0.717, 1.165) is 22.8 Å². The summed E-state index contributed by atoms with van der Waals surface area (Å²) in [6.07, 6.45) is 0.532. The Balaban J connectivity index is 1.79. The molecule has 0 bridgehead atoms. The van der Waals surface area contributed by atoms with E-state index < -0.39 is 11.7 Å². The SMILES string of the molecule is Cc1ccc(-c2cnc3c(-c4ccc(SN)c(C(F)(F)F)c4)cnn3c2)cc1. The van der Waals surface area contributed by atoms with Gasteiger partial charge >= 0.3 is 6.18 Å². The van der Waals surface area contributed by atoms with Crippen LogP contribution < -0.4 is 5.14 Å². The molecule has 8 heteroatoms. The van der Waals surface area contributed by atoms with Crippen LogP contribution in [0.25, 0.3) is 27.9 Å². The summed E-state index contributed by atoms with van der Waals surface area (Å²) in [4.78, 5) is 4.41. The molecule has 2 aromatic carbocycles. The number of rotatable bonds is 3. The molecule has 0 aliphatic heterocycles. The van der Waals surface area contributed by atoms with E-state index in [9.17, 15) is 13.2 Å². The van der Waals surface area contributed by atoms with Gasteiger partial charge in [-0.3, -0.25) is 5.14 Å². The fourth-order valence-corrected chi connectivity index (χ4v) is 3.44. The molecule has 2 heterocycles. The van der Waals surface area contributed by atoms with Gasteiger partial charge in [0.05, 0.1) is 11.8 Å². The van der Waals surface area contributed by atoms with E-state index in [1.807, 2.05) is 37.4 Å². The summed E-state index contributed by atoms with van der Waals surface area (Å²) in [5.41, 5.74) is 3.63. The Morgan fingerprint density at radius 2 is 1.68 bits per heavy atom. The maximum absolute atomic E-state index is 13.3. The molecule has 28 heavy (non-hydrogen) atoms. The van der Waals surface area contributed by atoms with Gasteiger partial charge in [0, 0.05) is 28.4 Å². The minimum absolute atomic E-state index is 0.0256. The lowest BCUT2D eigenvalue weighted by Crippen LogP contribution is -2.07. The first-order chi connectivity index (χ1) is 13.4.